The summed E-state index contributed by atoms with van der Waals surface area (Å²) < 4.78 is 28.3. The van der Waals surface area contributed by atoms with Gasteiger partial charge in [-0.3, -0.25) is 14.4 Å². The number of aliphatic hydroxyl groups excluding tert-OH is 2. The fourth-order valence-corrected chi connectivity index (χ4v) is 8.37. The number of aliphatic carboxylic acids is 1. The maximum absolute atomic E-state index is 13.1. The average Bonchev–Trinajstić information content (AvgIpc) is 3.42. The first kappa shape index (κ1) is 70.4. The van der Waals surface area contributed by atoms with Crippen LogP contribution in [0.25, 0.3) is 0 Å². The van der Waals surface area contributed by atoms with Gasteiger partial charge in [-0.1, -0.05) is 233 Å². The van der Waals surface area contributed by atoms with Crippen LogP contribution in [0, 0.1) is 0 Å². The summed E-state index contributed by atoms with van der Waals surface area (Å²) in [5.41, 5.74) is 0. The van der Waals surface area contributed by atoms with E-state index in [1.165, 1.54) is 70.6 Å². The van der Waals surface area contributed by atoms with E-state index in [2.05, 4.69) is 112 Å². The van der Waals surface area contributed by atoms with E-state index in [0.29, 0.717) is 19.3 Å². The van der Waals surface area contributed by atoms with Crippen LogP contribution in [0.4, 0.5) is 0 Å². The summed E-state index contributed by atoms with van der Waals surface area (Å²) in [5.74, 6) is -3.32. The second kappa shape index (κ2) is 52.1. The van der Waals surface area contributed by atoms with Crippen molar-refractivity contribution in [1.82, 2.24) is 0 Å². The minimum Gasteiger partial charge on any atom is -0.479 e. The van der Waals surface area contributed by atoms with Crippen molar-refractivity contribution in [3.8, 4) is 0 Å². The van der Waals surface area contributed by atoms with Crippen LogP contribution in [0.2, 0.25) is 0 Å². The molecule has 436 valence electrons. The summed E-state index contributed by atoms with van der Waals surface area (Å²) in [6.45, 7) is 5.67. The van der Waals surface area contributed by atoms with E-state index in [9.17, 15) is 34.5 Å². The number of esters is 3. The fraction of sp³-hybridized carbons (Fsp3) is 0.662. The van der Waals surface area contributed by atoms with E-state index in [1.54, 1.807) is 6.08 Å². The van der Waals surface area contributed by atoms with E-state index < -0.39 is 67.3 Å². The van der Waals surface area contributed by atoms with Crippen molar-refractivity contribution in [3.63, 3.8) is 0 Å². The Labute approximate surface area is 465 Å². The maximum Gasteiger partial charge on any atom is 0.335 e. The third kappa shape index (κ3) is 42.1. The van der Waals surface area contributed by atoms with Crippen molar-refractivity contribution >= 4 is 23.9 Å². The molecule has 1 aliphatic heterocycles. The van der Waals surface area contributed by atoms with E-state index >= 15 is 0 Å². The first-order valence-corrected chi connectivity index (χ1v) is 29.9. The van der Waals surface area contributed by atoms with E-state index in [4.69, 9.17) is 23.7 Å². The molecule has 3 N–H and O–H groups in total. The number of hydrogen-bond donors (Lipinski definition) is 3. The summed E-state index contributed by atoms with van der Waals surface area (Å²) in [5, 5.41) is 31.5. The molecule has 6 atom stereocenters. The lowest BCUT2D eigenvalue weighted by Gasteiger charge is -2.40. The summed E-state index contributed by atoms with van der Waals surface area (Å²) >= 11 is 0. The highest BCUT2D eigenvalue weighted by molar-refractivity contribution is 5.74. The highest BCUT2D eigenvalue weighted by Gasteiger charge is 2.50. The van der Waals surface area contributed by atoms with E-state index in [1.807, 2.05) is 12.2 Å². The molecule has 0 radical (unpaired) electrons. The maximum atomic E-state index is 13.1. The van der Waals surface area contributed by atoms with Gasteiger partial charge in [0, 0.05) is 12.8 Å². The van der Waals surface area contributed by atoms with Crippen LogP contribution < -0.4 is 0 Å². The van der Waals surface area contributed by atoms with Crippen LogP contribution in [0.5, 0.6) is 0 Å². The van der Waals surface area contributed by atoms with Gasteiger partial charge in [-0.05, 0) is 83.5 Å². The van der Waals surface area contributed by atoms with Crippen LogP contribution in [0.1, 0.15) is 226 Å². The van der Waals surface area contributed by atoms with Crippen molar-refractivity contribution in [1.29, 1.82) is 0 Å². The van der Waals surface area contributed by atoms with Crippen LogP contribution in [-0.2, 0) is 42.9 Å². The normalized spacial score (nSPS) is 18.8. The molecule has 1 saturated heterocycles. The molecule has 0 spiro atoms. The number of hydrogen-bond acceptors (Lipinski definition) is 11. The smallest absolute Gasteiger partial charge is 0.335 e. The molecule has 0 aromatic heterocycles. The minimum atomic E-state index is -1.93. The first-order valence-electron chi connectivity index (χ1n) is 29.9. The molecule has 0 aromatic carbocycles. The monoisotopic (exact) mass is 1080 g/mol. The number of carboxylic acids is 1. The molecule has 6 unspecified atom stereocenters. The van der Waals surface area contributed by atoms with E-state index in [0.717, 1.165) is 96.3 Å². The van der Waals surface area contributed by atoms with Gasteiger partial charge >= 0.3 is 23.9 Å². The van der Waals surface area contributed by atoms with Gasteiger partial charge < -0.3 is 39.0 Å². The largest absolute Gasteiger partial charge is 0.479 e. The second-order valence-electron chi connectivity index (χ2n) is 19.9. The van der Waals surface area contributed by atoms with Gasteiger partial charge in [-0.25, -0.2) is 4.79 Å². The van der Waals surface area contributed by atoms with Gasteiger partial charge in [-0.2, -0.15) is 0 Å². The molecular formula is C65H104O12. The zero-order chi connectivity index (χ0) is 56.1. The Bertz CT molecular complexity index is 1750. The van der Waals surface area contributed by atoms with E-state index in [-0.39, 0.29) is 25.9 Å². The standard InChI is InChI=1S/C65H104O12/c1-4-7-10-13-16-19-22-25-28-29-32-35-38-41-44-47-50-53-59(68)76-63-61(70)60(69)62(64(71)72)77-65(63)74-55-56(75-58(67)52-49-46-43-40-37-34-31-27-24-21-18-15-12-9-6-3)54-73-57(66)51-48-45-42-39-36-33-30-26-23-20-17-14-11-8-5-2/h7-8,10-11,16-17,19-20,25-26,28,30,32,35-36,39,45,48,56,60-63,65,69-70H,4-6,9,12-15,18,21-24,27,29,31,33-34,37-38,40-44,46-47,49-55H2,1-3H3,(H,71,72)/b10-7-,11-8-,19-16-,20-17-,28-25-,30-26-,35-32-,39-36-,48-45-. The van der Waals surface area contributed by atoms with Crippen molar-refractivity contribution in [3.05, 3.63) is 109 Å². The number of allylic oxidation sites excluding steroid dienone is 17. The zero-order valence-corrected chi connectivity index (χ0v) is 47.9. The Hall–Kier alpha value is -4.62. The number of ether oxygens (including phenoxy) is 5. The molecule has 1 heterocycles. The molecule has 77 heavy (non-hydrogen) atoms. The number of aliphatic hydroxyl groups is 2. The lowest BCUT2D eigenvalue weighted by Crippen LogP contribution is -2.61. The van der Waals surface area contributed by atoms with Crippen molar-refractivity contribution in [2.45, 2.75) is 263 Å². The van der Waals surface area contributed by atoms with Crippen molar-refractivity contribution < 1.29 is 58.2 Å². The lowest BCUT2D eigenvalue weighted by molar-refractivity contribution is -0.301. The molecule has 12 nitrogen and oxygen atoms in total. The number of carbonyl (C=O) groups excluding carboxylic acids is 3. The highest BCUT2D eigenvalue weighted by Crippen LogP contribution is 2.26. The quantitative estimate of drug-likeness (QED) is 0.0228. The Kier molecular flexibility index (Phi) is 47.6. The zero-order valence-electron chi connectivity index (χ0n) is 47.9. The number of carboxylic acid groups (broad SMARTS) is 1. The summed E-state index contributed by atoms with van der Waals surface area (Å²) in [6.07, 6.45) is 57.9. The van der Waals surface area contributed by atoms with Crippen LogP contribution in [-0.4, -0.2) is 89.2 Å². The van der Waals surface area contributed by atoms with Crippen molar-refractivity contribution in [2.24, 2.45) is 0 Å². The SMILES string of the molecule is CC/C=C\C/C=C\C/C=C\C/C=C\C/C=C\CC(=O)OCC(COC1OC(C(=O)O)C(O)C(O)C1OC(=O)CCCCCC/C=C\C/C=C\C/C=C\C/C=C\CC)OC(=O)CCCCCCCCCCCCCCCCC. The van der Waals surface area contributed by atoms with Gasteiger partial charge in [0.1, 0.15) is 18.8 Å². The molecule has 0 saturated carbocycles. The Morgan fingerprint density at radius 1 is 0.455 bits per heavy atom. The van der Waals surface area contributed by atoms with Gasteiger partial charge in [0.25, 0.3) is 0 Å². The lowest BCUT2D eigenvalue weighted by atomic mass is 9.98. The van der Waals surface area contributed by atoms with Gasteiger partial charge in [0.15, 0.2) is 24.6 Å². The van der Waals surface area contributed by atoms with Gasteiger partial charge in [0.2, 0.25) is 0 Å². The van der Waals surface area contributed by atoms with Crippen LogP contribution in [0.3, 0.4) is 0 Å². The molecule has 1 aliphatic rings. The van der Waals surface area contributed by atoms with Gasteiger partial charge in [0.05, 0.1) is 13.0 Å². The van der Waals surface area contributed by atoms with Crippen molar-refractivity contribution in [2.75, 3.05) is 13.2 Å². The summed E-state index contributed by atoms with van der Waals surface area (Å²) in [6, 6.07) is 0. The predicted octanol–water partition coefficient (Wildman–Crippen LogP) is 15.4. The van der Waals surface area contributed by atoms with Gasteiger partial charge in [-0.15, -0.1) is 0 Å². The average molecular weight is 1080 g/mol. The third-order valence-corrected chi connectivity index (χ3v) is 12.9. The summed E-state index contributed by atoms with van der Waals surface area (Å²) in [7, 11) is 0. The highest BCUT2D eigenvalue weighted by atomic mass is 16.7. The van der Waals surface area contributed by atoms with Crippen LogP contribution in [0.15, 0.2) is 109 Å². The molecule has 0 bridgehead atoms. The molecule has 0 aliphatic carbocycles. The predicted molar refractivity (Wildman–Crippen MR) is 312 cm³/mol. The molecular weight excluding hydrogens is 973 g/mol. The number of carbonyl (C=O) groups is 4. The molecule has 12 heteroatoms. The molecule has 0 amide bonds. The number of unbranched alkanes of at least 4 members (excludes halogenated alkanes) is 18. The molecule has 0 aromatic rings. The first-order chi connectivity index (χ1) is 37.6. The Morgan fingerprint density at radius 2 is 0.857 bits per heavy atom. The molecule has 1 rings (SSSR count). The molecule has 1 fully saturated rings. The fourth-order valence-electron chi connectivity index (χ4n) is 8.37. The Morgan fingerprint density at radius 3 is 1.31 bits per heavy atom. The minimum absolute atomic E-state index is 0.0196. The number of rotatable bonds is 49. The van der Waals surface area contributed by atoms with Crippen LogP contribution >= 0.6 is 0 Å². The second-order valence-corrected chi connectivity index (χ2v) is 19.9. The Balaban J connectivity index is 2.76. The topological polar surface area (TPSA) is 175 Å². The third-order valence-electron chi connectivity index (χ3n) is 12.9. The summed E-state index contributed by atoms with van der Waals surface area (Å²) in [4.78, 5) is 51.1.